The van der Waals surface area contributed by atoms with Gasteiger partial charge in [0.05, 0.1) is 42.7 Å². The Hall–Kier alpha value is -0.540. The van der Waals surface area contributed by atoms with E-state index in [-0.39, 0.29) is 36.6 Å². The van der Waals surface area contributed by atoms with E-state index in [0.717, 1.165) is 64.2 Å². The van der Waals surface area contributed by atoms with E-state index in [1.54, 1.807) is 42.7 Å². The van der Waals surface area contributed by atoms with Crippen LogP contribution in [0.3, 0.4) is 0 Å². The maximum absolute atomic E-state index is 5.86. The number of ether oxygens (including phenoxy) is 7. The lowest BCUT2D eigenvalue weighted by Gasteiger charge is -2.29. The van der Waals surface area contributed by atoms with Crippen LogP contribution in [0.25, 0.3) is 0 Å². The molecule has 7 heteroatoms. The average Bonchev–Trinajstić information content (AvgIpc) is 2.92. The van der Waals surface area contributed by atoms with E-state index in [2.05, 4.69) is 13.5 Å². The van der Waals surface area contributed by atoms with Crippen molar-refractivity contribution in [2.75, 3.05) is 49.8 Å². The number of hydrogen-bond donors (Lipinski definition) is 0. The van der Waals surface area contributed by atoms with Crippen molar-refractivity contribution in [2.45, 2.75) is 133 Å². The molecule has 0 unspecified atom stereocenters. The van der Waals surface area contributed by atoms with Gasteiger partial charge in [-0.2, -0.15) is 0 Å². The van der Waals surface area contributed by atoms with Crippen molar-refractivity contribution in [3.05, 3.63) is 12.7 Å². The molecule has 0 spiro atoms. The third-order valence-electron chi connectivity index (χ3n) is 7.55. The molecule has 0 saturated carbocycles. The Labute approximate surface area is 228 Å². The second kappa shape index (κ2) is 24.5. The average molecular weight is 533 g/mol. The van der Waals surface area contributed by atoms with E-state index in [0.29, 0.717) is 6.10 Å². The van der Waals surface area contributed by atoms with Crippen molar-refractivity contribution in [3.63, 3.8) is 0 Å². The molecule has 0 radical (unpaired) electrons. The fourth-order valence-corrected chi connectivity index (χ4v) is 5.05. The Balaban J connectivity index is 4.69. The fourth-order valence-electron chi connectivity index (χ4n) is 5.05. The Bertz CT molecular complexity index is 504. The molecule has 0 amide bonds. The molecule has 0 aliphatic heterocycles. The van der Waals surface area contributed by atoms with Crippen molar-refractivity contribution in [2.24, 2.45) is 0 Å². The molecule has 0 aliphatic rings. The monoisotopic (exact) mass is 532 g/mol. The molecular weight excluding hydrogens is 472 g/mol. The van der Waals surface area contributed by atoms with Gasteiger partial charge < -0.3 is 33.2 Å². The molecule has 0 heterocycles. The first-order valence-electron chi connectivity index (χ1n) is 14.2. The van der Waals surface area contributed by atoms with Gasteiger partial charge in [-0.25, -0.2) is 0 Å². The van der Waals surface area contributed by atoms with Gasteiger partial charge in [-0.3, -0.25) is 0 Å². The van der Waals surface area contributed by atoms with Crippen LogP contribution in [0, 0.1) is 0 Å². The van der Waals surface area contributed by atoms with Crippen LogP contribution >= 0.6 is 0 Å². The highest BCUT2D eigenvalue weighted by molar-refractivity contribution is 4.80. The predicted octanol–water partition coefficient (Wildman–Crippen LogP) is 6.37. The second-order valence-corrected chi connectivity index (χ2v) is 10.1. The normalized spacial score (nSPS) is 17.6. The summed E-state index contributed by atoms with van der Waals surface area (Å²) in [5.74, 6) is 0. The maximum atomic E-state index is 5.86. The molecular formula is C30H60O7. The zero-order valence-electron chi connectivity index (χ0n) is 25.4. The van der Waals surface area contributed by atoms with Crippen LogP contribution < -0.4 is 0 Å². The SMILES string of the molecule is C=CC[C@@H](C[C@@H](C[C@@H](C[C@@H](C[C@@H](C[C@@H](CCCCC[C@@H](CCC)OC)OC)OC)OC)OC)OC)OC. The van der Waals surface area contributed by atoms with Crippen molar-refractivity contribution in [3.8, 4) is 0 Å². The number of unbranched alkanes of at least 4 members (excludes halogenated alkanes) is 2. The summed E-state index contributed by atoms with van der Waals surface area (Å²) in [4.78, 5) is 0. The van der Waals surface area contributed by atoms with Crippen molar-refractivity contribution >= 4 is 0 Å². The standard InChI is InChI=1S/C30H60O7/c1-10-15-24(31-3)17-13-12-14-18-26(33-5)20-28(35-7)22-30(37-9)23-29(36-8)21-27(34-6)19-25(32-4)16-11-2/h11,24-30H,2,10,12-23H2,1,3-9H3/t24-,25+,26-,27+,28-,29+,30-/m1/s1. The van der Waals surface area contributed by atoms with Crippen LogP contribution in [-0.4, -0.2) is 92.5 Å². The Morgan fingerprint density at radius 2 is 0.811 bits per heavy atom. The molecule has 7 atom stereocenters. The topological polar surface area (TPSA) is 64.6 Å². The summed E-state index contributed by atoms with van der Waals surface area (Å²) < 4.78 is 40.3. The lowest BCUT2D eigenvalue weighted by atomic mass is 9.95. The van der Waals surface area contributed by atoms with E-state index >= 15 is 0 Å². The van der Waals surface area contributed by atoms with E-state index in [1.165, 1.54) is 19.3 Å². The maximum Gasteiger partial charge on any atom is 0.0630 e. The zero-order chi connectivity index (χ0) is 27.9. The first-order chi connectivity index (χ1) is 17.9. The lowest BCUT2D eigenvalue weighted by molar-refractivity contribution is -0.0490. The van der Waals surface area contributed by atoms with E-state index in [9.17, 15) is 0 Å². The fraction of sp³-hybridized carbons (Fsp3) is 0.933. The first-order valence-corrected chi connectivity index (χ1v) is 14.2. The molecule has 0 N–H and O–H groups in total. The summed E-state index contributed by atoms with van der Waals surface area (Å²) in [5, 5.41) is 0. The van der Waals surface area contributed by atoms with Crippen LogP contribution in [0.1, 0.15) is 90.4 Å². The van der Waals surface area contributed by atoms with Crippen LogP contribution in [0.5, 0.6) is 0 Å². The van der Waals surface area contributed by atoms with Gasteiger partial charge in [0.2, 0.25) is 0 Å². The molecule has 0 fully saturated rings. The lowest BCUT2D eigenvalue weighted by Crippen LogP contribution is -2.32. The van der Waals surface area contributed by atoms with Gasteiger partial charge in [0.25, 0.3) is 0 Å². The van der Waals surface area contributed by atoms with Gasteiger partial charge in [0.15, 0.2) is 0 Å². The number of methoxy groups -OCH3 is 7. The number of rotatable bonds is 27. The van der Waals surface area contributed by atoms with Crippen LogP contribution in [0.4, 0.5) is 0 Å². The minimum absolute atomic E-state index is 0.0236. The first kappa shape index (κ1) is 36.5. The van der Waals surface area contributed by atoms with Gasteiger partial charge in [0.1, 0.15) is 0 Å². The Morgan fingerprint density at radius 1 is 0.459 bits per heavy atom. The highest BCUT2D eigenvalue weighted by Gasteiger charge is 2.26. The minimum Gasteiger partial charge on any atom is -0.381 e. The highest BCUT2D eigenvalue weighted by Crippen LogP contribution is 2.23. The van der Waals surface area contributed by atoms with Gasteiger partial charge >= 0.3 is 0 Å². The third kappa shape index (κ3) is 17.6. The minimum atomic E-state index is 0.0236. The molecule has 37 heavy (non-hydrogen) atoms. The summed E-state index contributed by atoms with van der Waals surface area (Å²) in [6, 6.07) is 0. The summed E-state index contributed by atoms with van der Waals surface area (Å²) in [7, 11) is 12.4. The third-order valence-corrected chi connectivity index (χ3v) is 7.55. The molecule has 0 aliphatic carbocycles. The van der Waals surface area contributed by atoms with Crippen molar-refractivity contribution in [1.29, 1.82) is 0 Å². The Kier molecular flexibility index (Phi) is 24.1. The molecule has 0 aromatic heterocycles. The van der Waals surface area contributed by atoms with E-state index in [4.69, 9.17) is 33.2 Å². The molecule has 0 bridgehead atoms. The van der Waals surface area contributed by atoms with Gasteiger partial charge in [0, 0.05) is 56.2 Å². The van der Waals surface area contributed by atoms with Crippen molar-refractivity contribution in [1.82, 2.24) is 0 Å². The molecule has 0 rings (SSSR count). The highest BCUT2D eigenvalue weighted by atomic mass is 16.5. The molecule has 0 aromatic rings. The smallest absolute Gasteiger partial charge is 0.0630 e. The predicted molar refractivity (Wildman–Crippen MR) is 151 cm³/mol. The van der Waals surface area contributed by atoms with Crippen LogP contribution in [-0.2, 0) is 33.2 Å². The van der Waals surface area contributed by atoms with Crippen LogP contribution in [0.15, 0.2) is 12.7 Å². The summed E-state index contributed by atoms with van der Waals surface area (Å²) in [6.07, 6.45) is 15.6. The van der Waals surface area contributed by atoms with Crippen molar-refractivity contribution < 1.29 is 33.2 Å². The molecule has 222 valence electrons. The number of hydrogen-bond acceptors (Lipinski definition) is 7. The zero-order valence-corrected chi connectivity index (χ0v) is 25.4. The quantitative estimate of drug-likeness (QED) is 0.0900. The van der Waals surface area contributed by atoms with Gasteiger partial charge in [-0.15, -0.1) is 6.58 Å². The molecule has 7 nitrogen and oxygen atoms in total. The molecule has 0 saturated heterocycles. The van der Waals surface area contributed by atoms with E-state index < -0.39 is 0 Å². The van der Waals surface area contributed by atoms with Crippen LogP contribution in [0.2, 0.25) is 0 Å². The second-order valence-electron chi connectivity index (χ2n) is 10.1. The van der Waals surface area contributed by atoms with Gasteiger partial charge in [-0.1, -0.05) is 38.7 Å². The summed E-state index contributed by atoms with van der Waals surface area (Å²) >= 11 is 0. The van der Waals surface area contributed by atoms with E-state index in [1.807, 2.05) is 13.2 Å². The summed E-state index contributed by atoms with van der Waals surface area (Å²) in [5.41, 5.74) is 0. The largest absolute Gasteiger partial charge is 0.381 e. The molecule has 0 aromatic carbocycles. The Morgan fingerprint density at radius 3 is 1.16 bits per heavy atom. The van der Waals surface area contributed by atoms with Gasteiger partial charge in [-0.05, 0) is 51.4 Å². The summed E-state index contributed by atoms with van der Waals surface area (Å²) in [6.45, 7) is 6.04.